The maximum atomic E-state index is 12.6. The number of hydrogen-bond acceptors (Lipinski definition) is 7. The van der Waals surface area contributed by atoms with E-state index in [1.807, 2.05) is 36.4 Å². The summed E-state index contributed by atoms with van der Waals surface area (Å²) in [5.74, 6) is 0.451. The molecule has 0 unspecified atom stereocenters. The van der Waals surface area contributed by atoms with E-state index in [1.165, 1.54) is 23.1 Å². The minimum absolute atomic E-state index is 0.0676. The van der Waals surface area contributed by atoms with Gasteiger partial charge in [0.25, 0.3) is 5.91 Å². The third-order valence-electron chi connectivity index (χ3n) is 4.16. The Bertz CT molecular complexity index is 1100. The number of nitrogens with zero attached hydrogens (tertiary/aromatic N) is 5. The van der Waals surface area contributed by atoms with Gasteiger partial charge in [-0.25, -0.2) is 0 Å². The molecule has 0 atom stereocenters. The van der Waals surface area contributed by atoms with Crippen LogP contribution in [0.15, 0.2) is 46.4 Å². The molecule has 1 amide bonds. The third-order valence-corrected chi connectivity index (χ3v) is 6.06. The summed E-state index contributed by atoms with van der Waals surface area (Å²) in [6, 6.07) is 9.87. The Labute approximate surface area is 171 Å². The number of pyridine rings is 1. The molecule has 0 radical (unpaired) electrons. The van der Waals surface area contributed by atoms with Gasteiger partial charge in [0.15, 0.2) is 5.17 Å². The fraction of sp³-hybridized carbons (Fsp3) is 0.250. The van der Waals surface area contributed by atoms with Crippen LogP contribution in [-0.4, -0.2) is 38.2 Å². The fourth-order valence-corrected chi connectivity index (χ4v) is 4.74. The monoisotopic (exact) mass is 409 g/mol. The van der Waals surface area contributed by atoms with Crippen molar-refractivity contribution in [1.82, 2.24) is 20.1 Å². The number of rotatable bonds is 4. The number of amidine groups is 1. The highest BCUT2D eigenvalue weighted by Crippen LogP contribution is 2.34. The Hall–Kier alpha value is -2.58. The van der Waals surface area contributed by atoms with E-state index in [4.69, 9.17) is 0 Å². The van der Waals surface area contributed by atoms with Crippen molar-refractivity contribution in [3.63, 3.8) is 0 Å². The van der Waals surface area contributed by atoms with E-state index in [-0.39, 0.29) is 5.91 Å². The van der Waals surface area contributed by atoms with Crippen molar-refractivity contribution in [3.05, 3.63) is 52.0 Å². The lowest BCUT2D eigenvalue weighted by atomic mass is 10.1. The number of benzene rings is 1. The fourth-order valence-electron chi connectivity index (χ4n) is 2.79. The van der Waals surface area contributed by atoms with E-state index in [0.29, 0.717) is 21.1 Å². The molecule has 28 heavy (non-hydrogen) atoms. The van der Waals surface area contributed by atoms with Crippen molar-refractivity contribution in [2.24, 2.45) is 10.9 Å². The van der Waals surface area contributed by atoms with Gasteiger partial charge >= 0.3 is 0 Å². The Morgan fingerprint density at radius 3 is 2.93 bits per heavy atom. The Balaban J connectivity index is 1.59. The molecule has 1 aliphatic rings. The van der Waals surface area contributed by atoms with E-state index >= 15 is 0 Å². The molecular weight excluding hydrogens is 390 g/mol. The van der Waals surface area contributed by atoms with Gasteiger partial charge in [-0.15, -0.1) is 10.2 Å². The van der Waals surface area contributed by atoms with Crippen LogP contribution in [0.4, 0.5) is 5.13 Å². The van der Waals surface area contributed by atoms with Gasteiger partial charge in [-0.1, -0.05) is 37.3 Å². The molecule has 0 saturated carbocycles. The summed E-state index contributed by atoms with van der Waals surface area (Å²) in [6.45, 7) is 4.29. The molecular formula is C20H19N5OS2. The average molecular weight is 410 g/mol. The maximum absolute atomic E-state index is 12.6. The van der Waals surface area contributed by atoms with E-state index in [9.17, 15) is 4.79 Å². The molecule has 6 nitrogen and oxygen atoms in total. The van der Waals surface area contributed by atoms with Gasteiger partial charge in [0.2, 0.25) is 5.13 Å². The normalized spacial score (nSPS) is 17.6. The first-order chi connectivity index (χ1) is 13.5. The van der Waals surface area contributed by atoms with Crippen molar-refractivity contribution in [2.75, 3.05) is 7.05 Å². The number of fused-ring (bicyclic) bond motifs is 1. The predicted octanol–water partition coefficient (Wildman–Crippen LogP) is 4.52. The van der Waals surface area contributed by atoms with E-state index in [0.717, 1.165) is 27.9 Å². The second-order valence-corrected chi connectivity index (χ2v) is 8.95. The highest BCUT2D eigenvalue weighted by Gasteiger charge is 2.30. The maximum Gasteiger partial charge on any atom is 0.266 e. The molecule has 142 valence electrons. The molecule has 8 heteroatoms. The van der Waals surface area contributed by atoms with Crippen molar-refractivity contribution in [1.29, 1.82) is 0 Å². The van der Waals surface area contributed by atoms with Crippen LogP contribution in [0.2, 0.25) is 0 Å². The van der Waals surface area contributed by atoms with Crippen LogP contribution < -0.4 is 0 Å². The molecule has 1 aliphatic heterocycles. The minimum atomic E-state index is -0.0676. The number of likely N-dealkylation sites (N-methyl/N-ethyl adjacent to an activating group) is 1. The lowest BCUT2D eigenvalue weighted by Gasteiger charge is -2.05. The summed E-state index contributed by atoms with van der Waals surface area (Å²) in [5.41, 5.74) is 1.89. The summed E-state index contributed by atoms with van der Waals surface area (Å²) in [6.07, 6.45) is 4.55. The Morgan fingerprint density at radius 1 is 1.25 bits per heavy atom. The lowest BCUT2D eigenvalue weighted by molar-refractivity contribution is -0.121. The van der Waals surface area contributed by atoms with Gasteiger partial charge in [0, 0.05) is 25.1 Å². The van der Waals surface area contributed by atoms with Crippen molar-refractivity contribution >= 4 is 56.3 Å². The molecule has 1 saturated heterocycles. The first kappa shape index (κ1) is 18.8. The molecule has 0 bridgehead atoms. The van der Waals surface area contributed by atoms with Crippen LogP contribution in [0.25, 0.3) is 17.0 Å². The van der Waals surface area contributed by atoms with Gasteiger partial charge in [-0.2, -0.15) is 4.99 Å². The molecule has 1 fully saturated rings. The number of amides is 1. The summed E-state index contributed by atoms with van der Waals surface area (Å²) in [5, 5.41) is 11.5. The summed E-state index contributed by atoms with van der Waals surface area (Å²) in [7, 11) is 1.73. The van der Waals surface area contributed by atoms with Crippen LogP contribution in [0.3, 0.4) is 0 Å². The number of carbonyl (C=O) groups excluding carboxylic acids is 1. The summed E-state index contributed by atoms with van der Waals surface area (Å²) < 4.78 is 0. The summed E-state index contributed by atoms with van der Waals surface area (Å²) in [4.78, 5) is 23.7. The van der Waals surface area contributed by atoms with E-state index in [1.54, 1.807) is 18.1 Å². The zero-order chi connectivity index (χ0) is 19.7. The molecule has 3 heterocycles. The van der Waals surface area contributed by atoms with Gasteiger partial charge in [-0.3, -0.25) is 14.7 Å². The molecule has 0 aliphatic carbocycles. The number of hydrogen-bond donors (Lipinski definition) is 0. The molecule has 4 rings (SSSR count). The first-order valence-electron chi connectivity index (χ1n) is 8.93. The molecule has 2 aromatic heterocycles. The SMILES string of the molecule is CC(C)Cc1nnc(N=C2S/C(=C\c3ccc4ncccc4c3)C(=O)N2C)s1. The average Bonchev–Trinajstić information content (AvgIpc) is 3.21. The molecule has 3 aromatic rings. The highest BCUT2D eigenvalue weighted by molar-refractivity contribution is 8.18. The summed E-state index contributed by atoms with van der Waals surface area (Å²) >= 11 is 2.83. The van der Waals surface area contributed by atoms with Crippen LogP contribution in [0, 0.1) is 5.92 Å². The van der Waals surface area contributed by atoms with E-state index < -0.39 is 0 Å². The lowest BCUT2D eigenvalue weighted by Crippen LogP contribution is -2.23. The second kappa shape index (κ2) is 7.81. The molecule has 0 spiro atoms. The Kier molecular flexibility index (Phi) is 5.23. The quantitative estimate of drug-likeness (QED) is 0.593. The van der Waals surface area contributed by atoms with Crippen molar-refractivity contribution in [2.45, 2.75) is 20.3 Å². The predicted molar refractivity (Wildman–Crippen MR) is 116 cm³/mol. The zero-order valence-electron chi connectivity index (χ0n) is 15.8. The highest BCUT2D eigenvalue weighted by atomic mass is 32.2. The topological polar surface area (TPSA) is 71.3 Å². The van der Waals surface area contributed by atoms with Crippen LogP contribution >= 0.6 is 23.1 Å². The number of aliphatic imine (C=N–C) groups is 1. The van der Waals surface area contributed by atoms with Crippen LogP contribution in [0.5, 0.6) is 0 Å². The standard InChI is InChI=1S/C20H19N5OS2/c1-12(2)9-17-23-24-19(28-17)22-20-25(3)18(26)16(27-20)11-13-6-7-15-14(10-13)5-4-8-21-15/h4-8,10-12H,9H2,1-3H3/b16-11-,22-20?. The first-order valence-corrected chi connectivity index (χ1v) is 10.6. The zero-order valence-corrected chi connectivity index (χ0v) is 17.4. The van der Waals surface area contributed by atoms with Crippen molar-refractivity contribution in [3.8, 4) is 0 Å². The van der Waals surface area contributed by atoms with Crippen LogP contribution in [0.1, 0.15) is 24.4 Å². The van der Waals surface area contributed by atoms with Gasteiger partial charge in [-0.05, 0) is 47.5 Å². The molecule has 0 N–H and O–H groups in total. The molecule has 1 aromatic carbocycles. The van der Waals surface area contributed by atoms with Crippen LogP contribution in [-0.2, 0) is 11.2 Å². The largest absolute Gasteiger partial charge is 0.289 e. The Morgan fingerprint density at radius 2 is 2.11 bits per heavy atom. The number of thioether (sulfide) groups is 1. The third kappa shape index (κ3) is 3.98. The second-order valence-electron chi connectivity index (χ2n) is 6.90. The smallest absolute Gasteiger partial charge is 0.266 e. The minimum Gasteiger partial charge on any atom is -0.289 e. The number of carbonyl (C=O) groups is 1. The van der Waals surface area contributed by atoms with Gasteiger partial charge in [0.05, 0.1) is 10.4 Å². The van der Waals surface area contributed by atoms with Gasteiger partial charge < -0.3 is 0 Å². The van der Waals surface area contributed by atoms with Crippen molar-refractivity contribution < 1.29 is 4.79 Å². The number of aromatic nitrogens is 3. The van der Waals surface area contributed by atoms with E-state index in [2.05, 4.69) is 34.0 Å². The van der Waals surface area contributed by atoms with Gasteiger partial charge in [0.1, 0.15) is 5.01 Å².